The lowest BCUT2D eigenvalue weighted by Crippen LogP contribution is -2.61. The molecule has 7 aliphatic rings. The van der Waals surface area contributed by atoms with Gasteiger partial charge in [0.1, 0.15) is 29.5 Å². The molecule has 2 amide bonds. The number of aliphatic hydroxyl groups is 4. The first-order valence-electron chi connectivity index (χ1n) is 41.6. The van der Waals surface area contributed by atoms with Crippen molar-refractivity contribution in [3.05, 3.63) is 227 Å². The Morgan fingerprint density at radius 2 is 0.761 bits per heavy atom. The third kappa shape index (κ3) is 24.1. The second-order valence-electron chi connectivity index (χ2n) is 32.9. The molecule has 56 heteroatoms. The quantitative estimate of drug-likeness (QED) is 0.0104. The number of benzene rings is 4. The van der Waals surface area contributed by atoms with Crippen molar-refractivity contribution in [3.8, 4) is 34.5 Å². The Morgan fingerprint density at radius 3 is 1.08 bits per heavy atom. The van der Waals surface area contributed by atoms with Gasteiger partial charge < -0.3 is 102 Å². The average Bonchev–Trinajstić information content (AvgIpc) is 1.10. The first-order valence-corrected chi connectivity index (χ1v) is 54.2. The fourth-order valence-electron chi connectivity index (χ4n) is 14.5. The summed E-state index contributed by atoms with van der Waals surface area (Å²) in [5.74, 6) is -2.12. The van der Waals surface area contributed by atoms with Crippen LogP contribution in [0.15, 0.2) is 171 Å². The van der Waals surface area contributed by atoms with Gasteiger partial charge in [-0.1, -0.05) is 42.3 Å². The minimum Gasteiger partial charge on any atom is -0.493 e. The number of pyridine rings is 4. The van der Waals surface area contributed by atoms with Crippen LogP contribution in [0, 0.1) is 18.2 Å². The maximum atomic E-state index is 14.8. The summed E-state index contributed by atoms with van der Waals surface area (Å²) in [4.78, 5) is 160. The molecule has 2 aliphatic carbocycles. The monoisotopic (exact) mass is 2090 g/mol. The maximum Gasteiger partial charge on any atom is 0.514 e. The molecular weight excluding hydrogens is 1990 g/mol. The molecule has 2 saturated carbocycles. The van der Waals surface area contributed by atoms with Crippen LogP contribution in [0.25, 0.3) is 0 Å². The summed E-state index contributed by atoms with van der Waals surface area (Å²) in [5, 5.41) is 30.5. The van der Waals surface area contributed by atoms with E-state index in [4.69, 9.17) is 78.8 Å². The molecule has 748 valence electrons. The summed E-state index contributed by atoms with van der Waals surface area (Å²) in [6.07, 6.45) is 3.32. The van der Waals surface area contributed by atoms with Crippen LogP contribution in [0.3, 0.4) is 0 Å². The zero-order valence-electron chi connectivity index (χ0n) is 73.9. The van der Waals surface area contributed by atoms with Gasteiger partial charge in [-0.2, -0.15) is 0 Å². The van der Waals surface area contributed by atoms with Crippen LogP contribution in [-0.2, 0) is 117 Å². The average molecular weight is 2090 g/mol. The van der Waals surface area contributed by atoms with E-state index in [2.05, 4.69) is 19.9 Å². The van der Waals surface area contributed by atoms with Crippen molar-refractivity contribution in [2.24, 2.45) is 5.41 Å². The third-order valence-electron chi connectivity index (χ3n) is 21.8. The van der Waals surface area contributed by atoms with Crippen LogP contribution in [0.1, 0.15) is 161 Å². The highest BCUT2D eigenvalue weighted by Crippen LogP contribution is 2.83. The molecule has 9 heterocycles. The lowest BCUT2D eigenvalue weighted by atomic mass is 9.84. The Bertz CT molecular complexity index is 6110. The molecule has 5 saturated heterocycles. The second-order valence-corrected chi connectivity index (χ2v) is 50.2. The smallest absolute Gasteiger partial charge is 0.493 e. The first kappa shape index (κ1) is 108. The normalized spacial score (nSPS) is 31.1. The van der Waals surface area contributed by atoms with Gasteiger partial charge in [-0.15, -0.1) is 0 Å². The Balaban J connectivity index is 0.000000165. The number of rotatable bonds is 21. The van der Waals surface area contributed by atoms with Crippen molar-refractivity contribution in [2.75, 3.05) is 20.8 Å². The number of carbonyl (C=O) groups is 5. The second kappa shape index (κ2) is 42.9. The predicted molar refractivity (Wildman–Crippen MR) is 470 cm³/mol. The Morgan fingerprint density at radius 1 is 0.428 bits per heavy atom. The number of ether oxygens (including phenoxy) is 9. The summed E-state index contributed by atoms with van der Waals surface area (Å²) in [7, 11) is -39.0. The van der Waals surface area contributed by atoms with Crippen molar-refractivity contribution in [1.82, 2.24) is 24.8 Å². The summed E-state index contributed by atoms with van der Waals surface area (Å²) >= 11 is 0. The van der Waals surface area contributed by atoms with E-state index in [-0.39, 0.29) is 92.2 Å². The van der Waals surface area contributed by atoms with E-state index in [0.717, 1.165) is 74.8 Å². The molecule has 0 spiro atoms. The number of imide groups is 1. The molecule has 15 rings (SSSR count). The molecule has 4 aromatic heterocycles. The van der Waals surface area contributed by atoms with Crippen molar-refractivity contribution >= 4 is 91.2 Å². The molecule has 8 unspecified atom stereocenters. The molecule has 0 radical (unpaired) electrons. The zero-order valence-corrected chi connectivity index (χ0v) is 81.1. The van der Waals surface area contributed by atoms with E-state index in [1.165, 1.54) is 161 Å². The Labute approximate surface area is 784 Å². The molecular formula is C82H96FN5O42P8. The number of amides is 2. The number of β-lactam (4-membered cyclic amide) rings is 1. The van der Waals surface area contributed by atoms with Gasteiger partial charge >= 0.3 is 85.3 Å². The van der Waals surface area contributed by atoms with E-state index in [9.17, 15) is 124 Å². The van der Waals surface area contributed by atoms with E-state index < -0.39 is 185 Å². The number of methoxy groups -OCH3 is 2. The van der Waals surface area contributed by atoms with Gasteiger partial charge in [0.25, 0.3) is 20.3 Å². The van der Waals surface area contributed by atoms with Crippen LogP contribution in [0.5, 0.6) is 34.5 Å². The Kier molecular flexibility index (Phi) is 33.5. The van der Waals surface area contributed by atoms with Gasteiger partial charge in [-0.3, -0.25) is 97.4 Å². The van der Waals surface area contributed by atoms with Crippen molar-refractivity contribution in [3.63, 3.8) is 0 Å². The van der Waals surface area contributed by atoms with Crippen LogP contribution in [-0.4, -0.2) is 174 Å². The SMILES string of the molecule is CC1(C)CN(C(=O)Oc2ccc(C3OP(=O)(O)C(O)(Cc4cccnc4)P(=O)(O)O3)c(F)c2)C1=O.COc1cc(C2OP(=O)(O)C(O)(Cc3cccnc3)P(=O)(O)O2)ccc1OC(=O)OC1CCCC1.COc1cc(C2OP(=O)(O)C(O)(Cc3cccnc3)P(=O)(O)O2)ccc1OC(=O)OC1CCCCC1.Cc1ccc(OC(=O)OC(C)C)c(C2OP(=O)(O)C(O)(Cc3cccnc3)P(=O)(O)O2)c1. The highest BCUT2D eigenvalue weighted by Gasteiger charge is 2.71. The lowest BCUT2D eigenvalue weighted by Gasteiger charge is -2.41. The van der Waals surface area contributed by atoms with Crippen molar-refractivity contribution in [1.29, 1.82) is 0 Å². The number of nitrogens with zero attached hydrogens (tertiary/aromatic N) is 5. The van der Waals surface area contributed by atoms with E-state index in [1.54, 1.807) is 40.7 Å². The van der Waals surface area contributed by atoms with Crippen LogP contribution >= 0.6 is 60.8 Å². The van der Waals surface area contributed by atoms with Crippen LogP contribution in [0.4, 0.5) is 23.6 Å². The first-order chi connectivity index (χ1) is 64.6. The number of hydrogen-bond donors (Lipinski definition) is 12. The molecule has 8 atom stereocenters. The fourth-order valence-corrected chi connectivity index (χ4v) is 28.7. The highest BCUT2D eigenvalue weighted by molar-refractivity contribution is 7.75. The number of hydrogen-bond acceptors (Lipinski definition) is 38. The molecule has 4 aromatic carbocycles. The Hall–Kier alpha value is -9.20. The van der Waals surface area contributed by atoms with Crippen LogP contribution < -0.4 is 28.4 Å². The largest absolute Gasteiger partial charge is 0.514 e. The lowest BCUT2D eigenvalue weighted by molar-refractivity contribution is -0.152. The van der Waals surface area contributed by atoms with Crippen molar-refractivity contribution < 1.29 is 203 Å². The minimum atomic E-state index is -5.31. The molecule has 7 fully saturated rings. The number of halogens is 1. The van der Waals surface area contributed by atoms with Gasteiger partial charge in [-0.25, -0.2) is 28.5 Å². The van der Waals surface area contributed by atoms with Gasteiger partial charge in [-0.05, 0) is 193 Å². The molecule has 5 aliphatic heterocycles. The molecule has 12 N–H and O–H groups in total. The maximum absolute atomic E-state index is 14.8. The summed E-state index contributed by atoms with van der Waals surface area (Å²) < 4.78 is 205. The number of aryl methyl sites for hydroxylation is 1. The van der Waals surface area contributed by atoms with Gasteiger partial charge in [0, 0.05) is 105 Å². The fraction of sp³-hybridized carbons (Fsp3) is 0.402. The molecule has 8 aromatic rings. The topological polar surface area (TPSA) is 676 Å². The van der Waals surface area contributed by atoms with Crippen LogP contribution in [0.2, 0.25) is 0 Å². The van der Waals surface area contributed by atoms with Crippen molar-refractivity contribution in [2.45, 2.75) is 182 Å². The number of aromatic nitrogens is 4. The summed E-state index contributed by atoms with van der Waals surface area (Å²) in [6, 6.07) is 26.4. The standard InChI is InChI=1S/C22H27NO11P2.C21H25NO11P2.C20H21FN2O10P2.C19H23NO10P2/c1-30-19-12-16(9-10-18(19)32-21(24)31-17-7-3-2-4-8-17)20-33-35(26,27)22(25,36(28,29)34-20)13-15-6-5-11-23-14-15;1-29-18-11-15(8-9-17(18)31-20(23)30-16-6-2-3-7-16)19-32-34(25,26)21(24,35(27,28)33-19)12-14-5-4-10-22-13-14;1-19(2)11-23(17(19)24)18(25)31-13-5-6-14(15(21)8-13)16-32-34(27,28)20(26,35(29,30)33-16)9-12-4-3-7-22-10-12;1-12(2)27-18(21)28-16-7-6-13(3)9-15(16)17-29-31(23,24)19(22,32(25,26)30-17)10-14-5-4-8-20-11-14/h5-6,9-12,14,17,20,25H,2-4,7-8,13H2,1H3,(H,26,27)(H,28,29);4-5,8-11,13,16,19,24H,2-3,6-7,12H2,1H3,(H,25,26)(H,27,28);3-8,10,16,26H,9,11H2,1-2H3,(H,27,28)(H,29,30);4-9,11-12,17,22H,10H2,1-3H3,(H,23,24)(H,25,26). The number of carbonyl (C=O) groups excluding carboxylic acids is 5. The van der Waals surface area contributed by atoms with Gasteiger partial charge in [0.2, 0.25) is 31.1 Å². The third-order valence-corrected chi connectivity index (χ3v) is 40.2. The minimum absolute atomic E-state index is 0.00494. The highest BCUT2D eigenvalue weighted by atomic mass is 31.3. The molecule has 138 heavy (non-hydrogen) atoms. The van der Waals surface area contributed by atoms with E-state index >= 15 is 0 Å². The molecule has 0 bridgehead atoms. The predicted octanol–water partition coefficient (Wildman–Crippen LogP) is 14.6. The summed E-state index contributed by atoms with van der Waals surface area (Å²) in [6.45, 7) is 8.30. The van der Waals surface area contributed by atoms with Gasteiger partial charge in [0.15, 0.2) is 23.0 Å². The molecule has 47 nitrogen and oxygen atoms in total. The zero-order chi connectivity index (χ0) is 101. The van der Waals surface area contributed by atoms with Gasteiger partial charge in [0.05, 0.1) is 31.3 Å². The van der Waals surface area contributed by atoms with E-state index in [0.29, 0.717) is 11.6 Å². The number of likely N-dealkylation sites (tertiary alicyclic amines) is 1. The summed E-state index contributed by atoms with van der Waals surface area (Å²) in [5.41, 5.74) is 0.0145. The van der Waals surface area contributed by atoms with E-state index in [1.807, 2.05) is 0 Å².